The molecule has 1 unspecified atom stereocenters. The fourth-order valence-corrected chi connectivity index (χ4v) is 2.64. The van der Waals surface area contributed by atoms with Crippen LogP contribution in [0.15, 0.2) is 29.3 Å². The van der Waals surface area contributed by atoms with Crippen LogP contribution in [-0.4, -0.2) is 76.6 Å². The molecule has 0 aliphatic carbocycles. The van der Waals surface area contributed by atoms with Gasteiger partial charge < -0.3 is 24.8 Å². The molecule has 1 saturated heterocycles. The van der Waals surface area contributed by atoms with Gasteiger partial charge in [0.15, 0.2) is 5.96 Å². The third-order valence-corrected chi connectivity index (χ3v) is 4.07. The van der Waals surface area contributed by atoms with E-state index in [9.17, 15) is 0 Å². The number of morpholine rings is 1. The maximum Gasteiger partial charge on any atom is 0.191 e. The average molecular weight is 364 g/mol. The van der Waals surface area contributed by atoms with Crippen LogP contribution in [0.1, 0.15) is 13.8 Å². The minimum atomic E-state index is -0.0157. The molecule has 1 fully saturated rings. The molecule has 1 atom stereocenters. The van der Waals surface area contributed by atoms with Crippen LogP contribution in [0.4, 0.5) is 0 Å². The van der Waals surface area contributed by atoms with Crippen LogP contribution in [0.5, 0.6) is 11.5 Å². The molecular formula is C19H32N4O3. The Hall–Kier alpha value is -1.99. The molecule has 2 rings (SSSR count). The number of ether oxygens (including phenoxy) is 3. The Bertz CT molecular complexity index is 530. The van der Waals surface area contributed by atoms with Crippen molar-refractivity contribution in [3.63, 3.8) is 0 Å². The largest absolute Gasteiger partial charge is 0.497 e. The number of methoxy groups -OCH3 is 1. The van der Waals surface area contributed by atoms with Crippen LogP contribution in [0.25, 0.3) is 0 Å². The third-order valence-electron chi connectivity index (χ3n) is 4.07. The van der Waals surface area contributed by atoms with E-state index in [1.807, 2.05) is 31.2 Å². The summed E-state index contributed by atoms with van der Waals surface area (Å²) >= 11 is 0. The van der Waals surface area contributed by atoms with E-state index in [1.54, 1.807) is 7.11 Å². The Balaban J connectivity index is 1.74. The molecule has 0 aromatic heterocycles. The van der Waals surface area contributed by atoms with E-state index < -0.39 is 0 Å². The van der Waals surface area contributed by atoms with Crippen LogP contribution in [0.2, 0.25) is 0 Å². The molecule has 7 nitrogen and oxygen atoms in total. The highest BCUT2D eigenvalue weighted by atomic mass is 16.5. The number of rotatable bonds is 9. The fraction of sp³-hybridized carbons (Fsp3) is 0.632. The molecular weight excluding hydrogens is 332 g/mol. The Kier molecular flexibility index (Phi) is 9.06. The number of nitrogens with one attached hydrogen (secondary N) is 2. The molecule has 0 saturated carbocycles. The highest BCUT2D eigenvalue weighted by Gasteiger charge is 2.10. The van der Waals surface area contributed by atoms with Crippen molar-refractivity contribution in [2.75, 3.05) is 59.6 Å². The summed E-state index contributed by atoms with van der Waals surface area (Å²) in [5.41, 5.74) is 0. The van der Waals surface area contributed by atoms with E-state index in [-0.39, 0.29) is 6.10 Å². The summed E-state index contributed by atoms with van der Waals surface area (Å²) in [5.74, 6) is 2.46. The molecule has 26 heavy (non-hydrogen) atoms. The summed E-state index contributed by atoms with van der Waals surface area (Å²) in [6, 6.07) is 7.60. The van der Waals surface area contributed by atoms with E-state index in [2.05, 4.69) is 27.4 Å². The number of nitrogens with zero attached hydrogens (tertiary/aromatic N) is 2. The molecule has 0 radical (unpaired) electrons. The van der Waals surface area contributed by atoms with Crippen LogP contribution in [0.3, 0.4) is 0 Å². The maximum atomic E-state index is 5.90. The molecule has 2 N–H and O–H groups in total. The van der Waals surface area contributed by atoms with E-state index in [0.717, 1.165) is 63.4 Å². The normalized spacial score (nSPS) is 16.8. The first-order chi connectivity index (χ1) is 12.7. The Morgan fingerprint density at radius 2 is 1.88 bits per heavy atom. The van der Waals surface area contributed by atoms with Gasteiger partial charge in [-0.1, -0.05) is 0 Å². The van der Waals surface area contributed by atoms with Gasteiger partial charge in [-0.3, -0.25) is 4.90 Å². The SMILES string of the molecule is CCNC(=NCC(C)Oc1ccc(OC)cc1)NCCN1CCOCC1. The molecule has 146 valence electrons. The van der Waals surface area contributed by atoms with Gasteiger partial charge in [-0.15, -0.1) is 0 Å². The van der Waals surface area contributed by atoms with Gasteiger partial charge in [-0.25, -0.2) is 4.99 Å². The zero-order valence-electron chi connectivity index (χ0n) is 16.2. The molecule has 1 aromatic rings. The summed E-state index contributed by atoms with van der Waals surface area (Å²) in [6.45, 7) is 11.0. The third kappa shape index (κ3) is 7.49. The summed E-state index contributed by atoms with van der Waals surface area (Å²) < 4.78 is 16.4. The van der Waals surface area contributed by atoms with Crippen LogP contribution < -0.4 is 20.1 Å². The highest BCUT2D eigenvalue weighted by Crippen LogP contribution is 2.18. The van der Waals surface area contributed by atoms with Crippen LogP contribution >= 0.6 is 0 Å². The van der Waals surface area contributed by atoms with Crippen LogP contribution in [-0.2, 0) is 4.74 Å². The van der Waals surface area contributed by atoms with Gasteiger partial charge in [0.1, 0.15) is 17.6 Å². The summed E-state index contributed by atoms with van der Waals surface area (Å²) in [7, 11) is 1.65. The Morgan fingerprint density at radius 1 is 1.19 bits per heavy atom. The van der Waals surface area contributed by atoms with E-state index >= 15 is 0 Å². The number of hydrogen-bond acceptors (Lipinski definition) is 5. The zero-order chi connectivity index (χ0) is 18.6. The van der Waals surface area contributed by atoms with Gasteiger partial charge in [-0.2, -0.15) is 0 Å². The predicted octanol–water partition coefficient (Wildman–Crippen LogP) is 1.35. The van der Waals surface area contributed by atoms with Crippen LogP contribution in [0, 0.1) is 0 Å². The lowest BCUT2D eigenvalue weighted by molar-refractivity contribution is 0.0389. The second-order valence-electron chi connectivity index (χ2n) is 6.20. The average Bonchev–Trinajstić information content (AvgIpc) is 2.67. The van der Waals surface area contributed by atoms with Crippen molar-refractivity contribution in [1.29, 1.82) is 0 Å². The minimum Gasteiger partial charge on any atom is -0.497 e. The zero-order valence-corrected chi connectivity index (χ0v) is 16.2. The second-order valence-corrected chi connectivity index (χ2v) is 6.20. The van der Waals surface area contributed by atoms with E-state index in [4.69, 9.17) is 14.2 Å². The topological polar surface area (TPSA) is 67.4 Å². The summed E-state index contributed by atoms with van der Waals surface area (Å²) in [4.78, 5) is 7.03. The Labute approximate surface area is 156 Å². The van der Waals surface area contributed by atoms with Gasteiger partial charge in [0.2, 0.25) is 0 Å². The lowest BCUT2D eigenvalue weighted by Crippen LogP contribution is -2.44. The molecule has 1 aliphatic rings. The highest BCUT2D eigenvalue weighted by molar-refractivity contribution is 5.79. The second kappa shape index (κ2) is 11.6. The van der Waals surface area contributed by atoms with E-state index in [0.29, 0.717) is 6.54 Å². The first-order valence-corrected chi connectivity index (χ1v) is 9.34. The van der Waals surface area contributed by atoms with Gasteiger partial charge in [0.05, 0.1) is 26.9 Å². The number of benzene rings is 1. The lowest BCUT2D eigenvalue weighted by atomic mass is 10.3. The lowest BCUT2D eigenvalue weighted by Gasteiger charge is -2.26. The first kappa shape index (κ1) is 20.3. The molecule has 7 heteroatoms. The van der Waals surface area contributed by atoms with Crippen molar-refractivity contribution >= 4 is 5.96 Å². The molecule has 0 spiro atoms. The van der Waals surface area contributed by atoms with Gasteiger partial charge in [0.25, 0.3) is 0 Å². The standard InChI is InChI=1S/C19H32N4O3/c1-4-20-19(21-9-10-23-11-13-25-14-12-23)22-15-16(2)26-18-7-5-17(24-3)6-8-18/h5-8,16H,4,9-15H2,1-3H3,(H2,20,21,22). The molecule has 1 heterocycles. The van der Waals surface area contributed by atoms with Crippen molar-refractivity contribution < 1.29 is 14.2 Å². The fourth-order valence-electron chi connectivity index (χ4n) is 2.64. The number of guanidine groups is 1. The van der Waals surface area contributed by atoms with Gasteiger partial charge >= 0.3 is 0 Å². The van der Waals surface area contributed by atoms with Crippen molar-refractivity contribution in [3.8, 4) is 11.5 Å². The van der Waals surface area contributed by atoms with Gasteiger partial charge in [-0.05, 0) is 38.1 Å². The van der Waals surface area contributed by atoms with Crippen molar-refractivity contribution in [2.45, 2.75) is 20.0 Å². The van der Waals surface area contributed by atoms with E-state index in [1.165, 1.54) is 0 Å². The summed E-state index contributed by atoms with van der Waals surface area (Å²) in [5, 5.41) is 6.66. The van der Waals surface area contributed by atoms with Crippen molar-refractivity contribution in [1.82, 2.24) is 15.5 Å². The maximum absolute atomic E-state index is 5.90. The number of hydrogen-bond donors (Lipinski definition) is 2. The smallest absolute Gasteiger partial charge is 0.191 e. The molecule has 1 aromatic carbocycles. The quantitative estimate of drug-likeness (QED) is 0.509. The first-order valence-electron chi connectivity index (χ1n) is 9.34. The number of aliphatic imine (C=N–C) groups is 1. The van der Waals surface area contributed by atoms with Gasteiger partial charge in [0, 0.05) is 32.7 Å². The minimum absolute atomic E-state index is 0.0157. The van der Waals surface area contributed by atoms with Crippen molar-refractivity contribution in [2.24, 2.45) is 4.99 Å². The summed E-state index contributed by atoms with van der Waals surface area (Å²) in [6.07, 6.45) is -0.0157. The van der Waals surface area contributed by atoms with Crippen molar-refractivity contribution in [3.05, 3.63) is 24.3 Å². The molecule has 0 amide bonds. The molecule has 1 aliphatic heterocycles. The molecule has 0 bridgehead atoms. The monoisotopic (exact) mass is 364 g/mol. The Morgan fingerprint density at radius 3 is 2.54 bits per heavy atom. The predicted molar refractivity (Wildman–Crippen MR) is 104 cm³/mol.